The van der Waals surface area contributed by atoms with Gasteiger partial charge in [-0.15, -0.1) is 0 Å². The van der Waals surface area contributed by atoms with Gasteiger partial charge in [0.05, 0.1) is 23.4 Å². The molecule has 0 aromatic heterocycles. The molecule has 0 saturated carbocycles. The summed E-state index contributed by atoms with van der Waals surface area (Å²) in [5, 5.41) is 2.87. The van der Waals surface area contributed by atoms with Gasteiger partial charge in [-0.2, -0.15) is 0 Å². The molecule has 0 atom stereocenters. The zero-order valence-electron chi connectivity index (χ0n) is 14.6. The number of ether oxygens (including phenoxy) is 1. The van der Waals surface area contributed by atoms with Gasteiger partial charge in [-0.3, -0.25) is 9.52 Å². The SMILES string of the molecule is CCc1ccc(OCCNC(=O)c2ccc(NS(C)(=O)=O)cc2Cl)cc1. The predicted molar refractivity (Wildman–Crippen MR) is 104 cm³/mol. The first kappa shape index (κ1) is 20.1. The molecule has 0 aliphatic carbocycles. The van der Waals surface area contributed by atoms with Crippen molar-refractivity contribution >= 4 is 33.2 Å². The van der Waals surface area contributed by atoms with Crippen LogP contribution in [-0.4, -0.2) is 33.7 Å². The smallest absolute Gasteiger partial charge is 0.252 e. The second-order valence-electron chi connectivity index (χ2n) is 5.67. The number of rotatable bonds is 8. The number of halogens is 1. The van der Waals surface area contributed by atoms with Crippen LogP contribution in [0, 0.1) is 0 Å². The van der Waals surface area contributed by atoms with Crippen LogP contribution in [0.1, 0.15) is 22.8 Å². The van der Waals surface area contributed by atoms with E-state index in [0.717, 1.165) is 18.4 Å². The molecule has 1 amide bonds. The lowest BCUT2D eigenvalue weighted by Gasteiger charge is -2.10. The van der Waals surface area contributed by atoms with Crippen LogP contribution in [0.2, 0.25) is 5.02 Å². The van der Waals surface area contributed by atoms with Crippen molar-refractivity contribution in [2.75, 3.05) is 24.1 Å². The Bertz CT molecular complexity index is 867. The van der Waals surface area contributed by atoms with Crippen LogP contribution in [0.5, 0.6) is 5.75 Å². The molecule has 0 aliphatic rings. The van der Waals surface area contributed by atoms with E-state index in [1.807, 2.05) is 24.3 Å². The normalized spacial score (nSPS) is 11.0. The summed E-state index contributed by atoms with van der Waals surface area (Å²) >= 11 is 6.06. The fourth-order valence-corrected chi connectivity index (χ4v) is 3.05. The monoisotopic (exact) mass is 396 g/mol. The second-order valence-corrected chi connectivity index (χ2v) is 7.83. The molecule has 0 radical (unpaired) electrons. The van der Waals surface area contributed by atoms with Crippen LogP contribution in [0.3, 0.4) is 0 Å². The third-order valence-electron chi connectivity index (χ3n) is 3.50. The van der Waals surface area contributed by atoms with Crippen molar-refractivity contribution in [3.05, 3.63) is 58.6 Å². The lowest BCUT2D eigenvalue weighted by Crippen LogP contribution is -2.28. The maximum absolute atomic E-state index is 12.2. The van der Waals surface area contributed by atoms with Crippen molar-refractivity contribution in [3.8, 4) is 5.75 Å². The molecule has 0 fully saturated rings. The quantitative estimate of drug-likeness (QED) is 0.671. The number of nitrogens with one attached hydrogen (secondary N) is 2. The maximum atomic E-state index is 12.2. The Kier molecular flexibility index (Phi) is 6.88. The van der Waals surface area contributed by atoms with Crippen LogP contribution >= 0.6 is 11.6 Å². The minimum absolute atomic E-state index is 0.159. The number of benzene rings is 2. The second kappa shape index (κ2) is 8.91. The number of sulfonamides is 1. The summed E-state index contributed by atoms with van der Waals surface area (Å²) < 4.78 is 30.3. The standard InChI is InChI=1S/C18H21ClN2O4S/c1-3-13-4-7-15(8-5-13)25-11-10-20-18(22)16-9-6-14(12-17(16)19)21-26(2,23)24/h4-9,12,21H,3,10-11H2,1-2H3,(H,20,22). The zero-order chi connectivity index (χ0) is 19.2. The first-order valence-electron chi connectivity index (χ1n) is 8.06. The summed E-state index contributed by atoms with van der Waals surface area (Å²) in [5.41, 5.74) is 1.79. The van der Waals surface area contributed by atoms with Gasteiger partial charge in [-0.1, -0.05) is 30.7 Å². The highest BCUT2D eigenvalue weighted by molar-refractivity contribution is 7.92. The van der Waals surface area contributed by atoms with Crippen LogP contribution in [0.25, 0.3) is 0 Å². The topological polar surface area (TPSA) is 84.5 Å². The van der Waals surface area contributed by atoms with Crippen molar-refractivity contribution < 1.29 is 17.9 Å². The molecule has 0 bridgehead atoms. The summed E-state index contributed by atoms with van der Waals surface area (Å²) in [6.07, 6.45) is 2.01. The number of aryl methyl sites for hydroxylation is 1. The molecule has 2 aromatic carbocycles. The predicted octanol–water partition coefficient (Wildman–Crippen LogP) is 3.08. The Morgan fingerprint density at radius 2 is 1.85 bits per heavy atom. The first-order chi connectivity index (χ1) is 12.3. The number of carbonyl (C=O) groups is 1. The van der Waals surface area contributed by atoms with Gasteiger partial charge in [-0.05, 0) is 42.3 Å². The van der Waals surface area contributed by atoms with E-state index in [-0.39, 0.29) is 16.5 Å². The maximum Gasteiger partial charge on any atom is 0.252 e. The van der Waals surface area contributed by atoms with Crippen molar-refractivity contribution in [2.45, 2.75) is 13.3 Å². The van der Waals surface area contributed by atoms with Gasteiger partial charge in [0.1, 0.15) is 12.4 Å². The highest BCUT2D eigenvalue weighted by Gasteiger charge is 2.12. The number of amides is 1. The Hall–Kier alpha value is -2.25. The van der Waals surface area contributed by atoms with Crippen LogP contribution < -0.4 is 14.8 Å². The molecule has 2 N–H and O–H groups in total. The number of hydrogen-bond donors (Lipinski definition) is 2. The molecule has 26 heavy (non-hydrogen) atoms. The summed E-state index contributed by atoms with van der Waals surface area (Å²) in [7, 11) is -3.40. The zero-order valence-corrected chi connectivity index (χ0v) is 16.2. The third-order valence-corrected chi connectivity index (χ3v) is 4.42. The van der Waals surface area contributed by atoms with Crippen molar-refractivity contribution in [3.63, 3.8) is 0 Å². The van der Waals surface area contributed by atoms with Gasteiger partial charge in [0.2, 0.25) is 10.0 Å². The fourth-order valence-electron chi connectivity index (χ4n) is 2.23. The van der Waals surface area contributed by atoms with Gasteiger partial charge in [0, 0.05) is 5.69 Å². The average molecular weight is 397 g/mol. The van der Waals surface area contributed by atoms with E-state index in [1.165, 1.54) is 23.8 Å². The van der Waals surface area contributed by atoms with E-state index >= 15 is 0 Å². The van der Waals surface area contributed by atoms with E-state index in [1.54, 1.807) is 0 Å². The fraction of sp³-hybridized carbons (Fsp3) is 0.278. The molecule has 0 saturated heterocycles. The minimum atomic E-state index is -3.40. The van der Waals surface area contributed by atoms with Crippen LogP contribution in [0.4, 0.5) is 5.69 Å². The summed E-state index contributed by atoms with van der Waals surface area (Å²) in [5.74, 6) is 0.386. The molecular weight excluding hydrogens is 376 g/mol. The van der Waals surface area contributed by atoms with Gasteiger partial charge >= 0.3 is 0 Å². The van der Waals surface area contributed by atoms with Gasteiger partial charge in [0.25, 0.3) is 5.91 Å². The van der Waals surface area contributed by atoms with Crippen molar-refractivity contribution in [1.82, 2.24) is 5.32 Å². The highest BCUT2D eigenvalue weighted by atomic mass is 35.5. The molecule has 0 spiro atoms. The van der Waals surface area contributed by atoms with E-state index in [9.17, 15) is 13.2 Å². The van der Waals surface area contributed by atoms with Crippen molar-refractivity contribution in [1.29, 1.82) is 0 Å². The van der Waals surface area contributed by atoms with E-state index in [0.29, 0.717) is 18.8 Å². The molecule has 0 heterocycles. The average Bonchev–Trinajstić information content (AvgIpc) is 2.57. The molecule has 140 valence electrons. The lowest BCUT2D eigenvalue weighted by atomic mass is 10.2. The summed E-state index contributed by atoms with van der Waals surface area (Å²) in [6, 6.07) is 12.1. The van der Waals surface area contributed by atoms with Crippen LogP contribution in [0.15, 0.2) is 42.5 Å². The lowest BCUT2D eigenvalue weighted by molar-refractivity contribution is 0.0947. The number of hydrogen-bond acceptors (Lipinski definition) is 4. The molecule has 0 aliphatic heterocycles. The third kappa shape index (κ3) is 6.24. The van der Waals surface area contributed by atoms with Crippen molar-refractivity contribution in [2.24, 2.45) is 0 Å². The number of anilines is 1. The van der Waals surface area contributed by atoms with Gasteiger partial charge in [-0.25, -0.2) is 8.42 Å². The molecule has 2 rings (SSSR count). The Morgan fingerprint density at radius 1 is 1.15 bits per heavy atom. The summed E-state index contributed by atoms with van der Waals surface area (Å²) in [4.78, 5) is 12.2. The largest absolute Gasteiger partial charge is 0.492 e. The van der Waals surface area contributed by atoms with E-state index in [2.05, 4.69) is 17.0 Å². The molecule has 8 heteroatoms. The molecule has 6 nitrogen and oxygen atoms in total. The Balaban J connectivity index is 1.85. The summed E-state index contributed by atoms with van der Waals surface area (Å²) in [6.45, 7) is 2.72. The van der Waals surface area contributed by atoms with E-state index in [4.69, 9.17) is 16.3 Å². The molecule has 0 unspecified atom stereocenters. The van der Waals surface area contributed by atoms with Crippen LogP contribution in [-0.2, 0) is 16.4 Å². The number of carbonyl (C=O) groups excluding carboxylic acids is 1. The van der Waals surface area contributed by atoms with E-state index < -0.39 is 10.0 Å². The highest BCUT2D eigenvalue weighted by Crippen LogP contribution is 2.21. The first-order valence-corrected chi connectivity index (χ1v) is 10.3. The van der Waals surface area contributed by atoms with Gasteiger partial charge in [0.15, 0.2) is 0 Å². The minimum Gasteiger partial charge on any atom is -0.492 e. The molecular formula is C18H21ClN2O4S. The van der Waals surface area contributed by atoms with Gasteiger partial charge < -0.3 is 10.1 Å². The molecule has 2 aromatic rings. The Morgan fingerprint density at radius 3 is 2.42 bits per heavy atom. The Labute approximate surface area is 158 Å².